The molecule has 1 heterocycles. The average molecular weight is 335 g/mol. The van der Waals surface area contributed by atoms with E-state index in [0.717, 1.165) is 0 Å². The average Bonchev–Trinajstić information content (AvgIpc) is 2.48. The summed E-state index contributed by atoms with van der Waals surface area (Å²) in [6.07, 6.45) is 0. The first-order chi connectivity index (χ1) is 10.5. The highest BCUT2D eigenvalue weighted by atomic mass is 35.5. The van der Waals surface area contributed by atoms with E-state index in [0.29, 0.717) is 15.6 Å². The number of aromatic carboxylic acids is 1. The van der Waals surface area contributed by atoms with Gasteiger partial charge in [0.15, 0.2) is 11.3 Å². The molecule has 4 nitrogen and oxygen atoms in total. The standard InChI is InChI=1S/C16H8Cl2O4/c17-9-3-1-8(2-4-9)15-13(16(20)21)14(19)11-7-10(18)5-6-12(11)22-15/h1-7H,(H,20,21). The third-order valence-corrected chi connectivity index (χ3v) is 3.66. The summed E-state index contributed by atoms with van der Waals surface area (Å²) in [6.45, 7) is 0. The highest BCUT2D eigenvalue weighted by Crippen LogP contribution is 2.28. The molecular formula is C16H8Cl2O4. The molecule has 0 spiro atoms. The molecule has 0 aliphatic heterocycles. The van der Waals surface area contributed by atoms with Gasteiger partial charge in [-0.3, -0.25) is 4.79 Å². The summed E-state index contributed by atoms with van der Waals surface area (Å²) in [7, 11) is 0. The number of hydrogen-bond acceptors (Lipinski definition) is 3. The van der Waals surface area contributed by atoms with Crippen molar-refractivity contribution in [1.82, 2.24) is 0 Å². The fraction of sp³-hybridized carbons (Fsp3) is 0. The first-order valence-electron chi connectivity index (χ1n) is 6.23. The van der Waals surface area contributed by atoms with Gasteiger partial charge in [-0.15, -0.1) is 0 Å². The highest BCUT2D eigenvalue weighted by Gasteiger charge is 2.21. The van der Waals surface area contributed by atoms with E-state index in [1.165, 1.54) is 12.1 Å². The Morgan fingerprint density at radius 1 is 1.00 bits per heavy atom. The Morgan fingerprint density at radius 2 is 1.64 bits per heavy atom. The second-order valence-electron chi connectivity index (χ2n) is 4.59. The summed E-state index contributed by atoms with van der Waals surface area (Å²) < 4.78 is 5.63. The van der Waals surface area contributed by atoms with Gasteiger partial charge in [-0.05, 0) is 42.5 Å². The SMILES string of the molecule is O=C(O)c1c(-c2ccc(Cl)cc2)oc2ccc(Cl)cc2c1=O. The summed E-state index contributed by atoms with van der Waals surface area (Å²) in [5.74, 6) is -1.37. The zero-order valence-electron chi connectivity index (χ0n) is 11.0. The second kappa shape index (κ2) is 5.48. The number of carboxylic acids is 1. The molecule has 3 aromatic rings. The monoisotopic (exact) mass is 334 g/mol. The molecule has 0 aliphatic carbocycles. The van der Waals surface area contributed by atoms with Gasteiger partial charge in [0.2, 0.25) is 5.43 Å². The van der Waals surface area contributed by atoms with Gasteiger partial charge in [0, 0.05) is 15.6 Å². The van der Waals surface area contributed by atoms with Gasteiger partial charge in [0.25, 0.3) is 0 Å². The molecule has 0 atom stereocenters. The van der Waals surface area contributed by atoms with Crippen LogP contribution in [-0.4, -0.2) is 11.1 Å². The Labute approximate surface area is 134 Å². The summed E-state index contributed by atoms with van der Waals surface area (Å²) in [5, 5.41) is 10.3. The van der Waals surface area contributed by atoms with E-state index in [9.17, 15) is 14.7 Å². The van der Waals surface area contributed by atoms with E-state index in [1.54, 1.807) is 30.3 Å². The van der Waals surface area contributed by atoms with Crippen molar-refractivity contribution < 1.29 is 14.3 Å². The largest absolute Gasteiger partial charge is 0.477 e. The van der Waals surface area contributed by atoms with Gasteiger partial charge in [0.05, 0.1) is 5.39 Å². The van der Waals surface area contributed by atoms with Gasteiger partial charge in [0.1, 0.15) is 5.58 Å². The van der Waals surface area contributed by atoms with Crippen molar-refractivity contribution in [3.8, 4) is 11.3 Å². The molecule has 0 fully saturated rings. The molecule has 0 bridgehead atoms. The topological polar surface area (TPSA) is 67.5 Å². The molecule has 6 heteroatoms. The lowest BCUT2D eigenvalue weighted by Gasteiger charge is -2.07. The van der Waals surface area contributed by atoms with Crippen LogP contribution in [0.5, 0.6) is 0 Å². The smallest absolute Gasteiger partial charge is 0.343 e. The minimum Gasteiger partial charge on any atom is -0.477 e. The van der Waals surface area contributed by atoms with Gasteiger partial charge >= 0.3 is 5.97 Å². The third-order valence-electron chi connectivity index (χ3n) is 3.17. The van der Waals surface area contributed by atoms with Gasteiger partial charge in [-0.1, -0.05) is 23.2 Å². The molecule has 2 aromatic carbocycles. The van der Waals surface area contributed by atoms with E-state index in [4.69, 9.17) is 27.6 Å². The minimum atomic E-state index is -1.36. The minimum absolute atomic E-state index is 0.0102. The molecule has 0 radical (unpaired) electrons. The van der Waals surface area contributed by atoms with Crippen LogP contribution in [0.3, 0.4) is 0 Å². The maximum atomic E-state index is 12.5. The summed E-state index contributed by atoms with van der Waals surface area (Å²) in [4.78, 5) is 24.0. The second-order valence-corrected chi connectivity index (χ2v) is 5.46. The Hall–Kier alpha value is -2.30. The third kappa shape index (κ3) is 2.47. The van der Waals surface area contributed by atoms with E-state index >= 15 is 0 Å². The van der Waals surface area contributed by atoms with E-state index < -0.39 is 17.0 Å². The van der Waals surface area contributed by atoms with Crippen LogP contribution < -0.4 is 5.43 Å². The van der Waals surface area contributed by atoms with Crippen molar-refractivity contribution in [1.29, 1.82) is 0 Å². The van der Waals surface area contributed by atoms with Crippen LogP contribution in [0.4, 0.5) is 0 Å². The number of fused-ring (bicyclic) bond motifs is 1. The number of carbonyl (C=O) groups is 1. The molecule has 0 unspecified atom stereocenters. The zero-order chi connectivity index (χ0) is 15.9. The lowest BCUT2D eigenvalue weighted by Crippen LogP contribution is -2.16. The summed E-state index contributed by atoms with van der Waals surface area (Å²) >= 11 is 11.7. The molecule has 110 valence electrons. The fourth-order valence-corrected chi connectivity index (χ4v) is 2.46. The van der Waals surface area contributed by atoms with Crippen molar-refractivity contribution in [2.45, 2.75) is 0 Å². The fourth-order valence-electron chi connectivity index (χ4n) is 2.17. The molecule has 1 aromatic heterocycles. The van der Waals surface area contributed by atoms with Crippen molar-refractivity contribution >= 4 is 40.1 Å². The number of halogens is 2. The van der Waals surface area contributed by atoms with Crippen molar-refractivity contribution in [3.05, 3.63) is 68.3 Å². The lowest BCUT2D eigenvalue weighted by molar-refractivity contribution is 0.0694. The van der Waals surface area contributed by atoms with Crippen LogP contribution >= 0.6 is 23.2 Å². The van der Waals surface area contributed by atoms with Crippen molar-refractivity contribution in [2.24, 2.45) is 0 Å². The zero-order valence-corrected chi connectivity index (χ0v) is 12.5. The van der Waals surface area contributed by atoms with Crippen LogP contribution in [0.2, 0.25) is 10.0 Å². The Bertz CT molecular complexity index is 943. The lowest BCUT2D eigenvalue weighted by atomic mass is 10.0. The molecule has 0 amide bonds. The first-order valence-corrected chi connectivity index (χ1v) is 6.98. The number of benzene rings is 2. The maximum Gasteiger partial charge on any atom is 0.343 e. The van der Waals surface area contributed by atoms with Crippen LogP contribution in [0.1, 0.15) is 10.4 Å². The predicted molar refractivity (Wildman–Crippen MR) is 84.9 cm³/mol. The van der Waals surface area contributed by atoms with Gasteiger partial charge in [-0.2, -0.15) is 0 Å². The summed E-state index contributed by atoms with van der Waals surface area (Å²) in [5.41, 5.74) is -0.349. The molecule has 1 N–H and O–H groups in total. The van der Waals surface area contributed by atoms with Crippen molar-refractivity contribution in [3.63, 3.8) is 0 Å². The van der Waals surface area contributed by atoms with Crippen LogP contribution in [0.15, 0.2) is 51.7 Å². The molecule has 0 saturated heterocycles. The van der Waals surface area contributed by atoms with E-state index in [1.807, 2.05) is 0 Å². The molecule has 3 rings (SSSR count). The predicted octanol–water partition coefficient (Wildman–Crippen LogP) is 4.47. The maximum absolute atomic E-state index is 12.5. The number of hydrogen-bond donors (Lipinski definition) is 1. The first kappa shape index (κ1) is 14.6. The van der Waals surface area contributed by atoms with Crippen LogP contribution in [0.25, 0.3) is 22.3 Å². The molecule has 0 aliphatic rings. The number of carboxylic acid groups (broad SMARTS) is 1. The van der Waals surface area contributed by atoms with E-state index in [2.05, 4.69) is 0 Å². The van der Waals surface area contributed by atoms with Crippen LogP contribution in [-0.2, 0) is 0 Å². The Morgan fingerprint density at radius 3 is 2.27 bits per heavy atom. The van der Waals surface area contributed by atoms with E-state index in [-0.39, 0.29) is 16.7 Å². The van der Waals surface area contributed by atoms with Crippen LogP contribution in [0, 0.1) is 0 Å². The van der Waals surface area contributed by atoms with Gasteiger partial charge < -0.3 is 9.52 Å². The number of rotatable bonds is 2. The highest BCUT2D eigenvalue weighted by molar-refractivity contribution is 6.31. The normalized spacial score (nSPS) is 10.8. The Balaban J connectivity index is 2.41. The summed E-state index contributed by atoms with van der Waals surface area (Å²) in [6, 6.07) is 10.9. The van der Waals surface area contributed by atoms with Gasteiger partial charge in [-0.25, -0.2) is 4.79 Å². The molecule has 0 saturated carbocycles. The quantitative estimate of drug-likeness (QED) is 0.750. The Kier molecular flexibility index (Phi) is 3.64. The van der Waals surface area contributed by atoms with Crippen molar-refractivity contribution in [2.75, 3.05) is 0 Å². The molecular weight excluding hydrogens is 327 g/mol. The molecule has 22 heavy (non-hydrogen) atoms.